The van der Waals surface area contributed by atoms with Crippen LogP contribution in [-0.2, 0) is 11.3 Å². The van der Waals surface area contributed by atoms with Crippen LogP contribution in [0.3, 0.4) is 0 Å². The maximum Gasteiger partial charge on any atom is 0.233 e. The molecule has 1 aliphatic rings. The van der Waals surface area contributed by atoms with Gasteiger partial charge in [0.1, 0.15) is 5.76 Å². The van der Waals surface area contributed by atoms with E-state index in [4.69, 9.17) is 4.42 Å². The van der Waals surface area contributed by atoms with Crippen LogP contribution in [0.5, 0.6) is 0 Å². The van der Waals surface area contributed by atoms with Crippen LogP contribution in [0.25, 0.3) is 0 Å². The third-order valence-electron chi connectivity index (χ3n) is 3.73. The number of nitrogens with zero attached hydrogens (tertiary/aromatic N) is 3. The average molecular weight is 352 g/mol. The lowest BCUT2D eigenvalue weighted by Crippen LogP contribution is -2.40. The van der Waals surface area contributed by atoms with Crippen molar-refractivity contribution in [1.82, 2.24) is 15.1 Å². The van der Waals surface area contributed by atoms with Gasteiger partial charge in [0.25, 0.3) is 0 Å². The number of aromatic nitrogens is 2. The number of hydrogen-bond donors (Lipinski definition) is 1. The SMILES string of the molecule is CC1CCCN(C(=O)CSc2nnc(NCc3ccco3)s2)C1. The predicted octanol–water partition coefficient (Wildman–Crippen LogP) is 3.09. The molecule has 6 nitrogen and oxygen atoms in total. The fourth-order valence-corrected chi connectivity index (χ4v) is 4.20. The summed E-state index contributed by atoms with van der Waals surface area (Å²) in [6.45, 7) is 4.55. The Labute approximate surface area is 143 Å². The second-order valence-corrected chi connectivity index (χ2v) is 7.88. The number of piperidine rings is 1. The second-order valence-electron chi connectivity index (χ2n) is 5.68. The number of amides is 1. The number of carbonyl (C=O) groups excluding carboxylic acids is 1. The molecule has 23 heavy (non-hydrogen) atoms. The lowest BCUT2D eigenvalue weighted by molar-refractivity contribution is -0.130. The zero-order chi connectivity index (χ0) is 16.1. The third-order valence-corrected chi connectivity index (χ3v) is 5.73. The molecule has 1 fully saturated rings. The molecule has 1 N–H and O–H groups in total. The van der Waals surface area contributed by atoms with E-state index < -0.39 is 0 Å². The van der Waals surface area contributed by atoms with Crippen LogP contribution in [0.15, 0.2) is 27.2 Å². The summed E-state index contributed by atoms with van der Waals surface area (Å²) >= 11 is 2.92. The number of hydrogen-bond acceptors (Lipinski definition) is 7. The molecule has 1 amide bonds. The zero-order valence-corrected chi connectivity index (χ0v) is 14.7. The standard InChI is InChI=1S/C15H20N4O2S2/c1-11-4-2-6-19(9-11)13(20)10-22-15-18-17-14(23-15)16-8-12-5-3-7-21-12/h3,5,7,11H,2,4,6,8-10H2,1H3,(H,16,17). The molecule has 8 heteroatoms. The van der Waals surface area contributed by atoms with Crippen molar-refractivity contribution in [3.8, 4) is 0 Å². The van der Waals surface area contributed by atoms with E-state index in [0.717, 1.165) is 34.7 Å². The van der Waals surface area contributed by atoms with Gasteiger partial charge < -0.3 is 14.6 Å². The molecule has 0 aromatic carbocycles. The Morgan fingerprint density at radius 2 is 2.48 bits per heavy atom. The molecule has 1 atom stereocenters. The molecule has 0 spiro atoms. The summed E-state index contributed by atoms with van der Waals surface area (Å²) in [5.41, 5.74) is 0. The van der Waals surface area contributed by atoms with Crippen molar-refractivity contribution >= 4 is 34.1 Å². The van der Waals surface area contributed by atoms with Gasteiger partial charge in [0.05, 0.1) is 18.6 Å². The highest BCUT2D eigenvalue weighted by Gasteiger charge is 2.21. The van der Waals surface area contributed by atoms with Crippen molar-refractivity contribution in [1.29, 1.82) is 0 Å². The van der Waals surface area contributed by atoms with E-state index in [1.165, 1.54) is 29.5 Å². The molecule has 3 rings (SSSR count). The Morgan fingerprint density at radius 3 is 3.26 bits per heavy atom. The number of anilines is 1. The molecule has 0 aliphatic carbocycles. The van der Waals surface area contributed by atoms with E-state index in [1.54, 1.807) is 6.26 Å². The number of carbonyl (C=O) groups is 1. The lowest BCUT2D eigenvalue weighted by atomic mass is 10.0. The van der Waals surface area contributed by atoms with E-state index in [2.05, 4.69) is 22.4 Å². The van der Waals surface area contributed by atoms with Crippen molar-refractivity contribution in [2.75, 3.05) is 24.2 Å². The highest BCUT2D eigenvalue weighted by Crippen LogP contribution is 2.26. The summed E-state index contributed by atoms with van der Waals surface area (Å²) in [4.78, 5) is 14.2. The molecular formula is C15H20N4O2S2. The van der Waals surface area contributed by atoms with Gasteiger partial charge in [0, 0.05) is 13.1 Å². The number of likely N-dealkylation sites (tertiary alicyclic amines) is 1. The van der Waals surface area contributed by atoms with Gasteiger partial charge in [-0.3, -0.25) is 4.79 Å². The number of furan rings is 1. The fraction of sp³-hybridized carbons (Fsp3) is 0.533. The normalized spacial score (nSPS) is 18.1. The molecule has 1 unspecified atom stereocenters. The van der Waals surface area contributed by atoms with Crippen LogP contribution >= 0.6 is 23.1 Å². The molecule has 2 aromatic heterocycles. The van der Waals surface area contributed by atoms with Gasteiger partial charge >= 0.3 is 0 Å². The number of nitrogens with one attached hydrogen (secondary N) is 1. The largest absolute Gasteiger partial charge is 0.467 e. The monoisotopic (exact) mass is 352 g/mol. The summed E-state index contributed by atoms with van der Waals surface area (Å²) in [5, 5.41) is 12.1. The van der Waals surface area contributed by atoms with Crippen molar-refractivity contribution < 1.29 is 9.21 Å². The van der Waals surface area contributed by atoms with Crippen LogP contribution in [0.1, 0.15) is 25.5 Å². The first-order valence-corrected chi connectivity index (χ1v) is 9.51. The Kier molecular flexibility index (Phi) is 5.56. The maximum atomic E-state index is 12.2. The smallest absolute Gasteiger partial charge is 0.233 e. The van der Waals surface area contributed by atoms with Crippen molar-refractivity contribution in [3.05, 3.63) is 24.2 Å². The molecule has 124 valence electrons. The van der Waals surface area contributed by atoms with Crippen LogP contribution < -0.4 is 5.32 Å². The summed E-state index contributed by atoms with van der Waals surface area (Å²) in [5.74, 6) is 2.08. The summed E-state index contributed by atoms with van der Waals surface area (Å²) in [6, 6.07) is 3.76. The van der Waals surface area contributed by atoms with Crippen LogP contribution in [0, 0.1) is 5.92 Å². The number of rotatable bonds is 6. The van der Waals surface area contributed by atoms with E-state index in [1.807, 2.05) is 17.0 Å². The summed E-state index contributed by atoms with van der Waals surface area (Å²) in [7, 11) is 0. The van der Waals surface area contributed by atoms with E-state index in [-0.39, 0.29) is 5.91 Å². The highest BCUT2D eigenvalue weighted by atomic mass is 32.2. The molecule has 0 bridgehead atoms. The quantitative estimate of drug-likeness (QED) is 0.806. The van der Waals surface area contributed by atoms with Gasteiger partial charge in [0.15, 0.2) is 4.34 Å². The average Bonchev–Trinajstić information content (AvgIpc) is 3.22. The van der Waals surface area contributed by atoms with Crippen molar-refractivity contribution in [2.45, 2.75) is 30.6 Å². The summed E-state index contributed by atoms with van der Waals surface area (Å²) in [6.07, 6.45) is 3.97. The number of thioether (sulfide) groups is 1. The maximum absolute atomic E-state index is 12.2. The second kappa shape index (κ2) is 7.83. The van der Waals surface area contributed by atoms with Crippen molar-refractivity contribution in [3.63, 3.8) is 0 Å². The van der Waals surface area contributed by atoms with Crippen LogP contribution in [-0.4, -0.2) is 39.8 Å². The van der Waals surface area contributed by atoms with E-state index in [9.17, 15) is 4.79 Å². The third kappa shape index (κ3) is 4.71. The Morgan fingerprint density at radius 1 is 1.57 bits per heavy atom. The first kappa shape index (κ1) is 16.3. The Hall–Kier alpha value is -1.54. The molecule has 0 radical (unpaired) electrons. The van der Waals surface area contributed by atoms with Crippen LogP contribution in [0.4, 0.5) is 5.13 Å². The zero-order valence-electron chi connectivity index (χ0n) is 13.0. The first-order valence-electron chi connectivity index (χ1n) is 7.71. The van der Waals surface area contributed by atoms with Crippen molar-refractivity contribution in [2.24, 2.45) is 5.92 Å². The van der Waals surface area contributed by atoms with Gasteiger partial charge in [-0.2, -0.15) is 0 Å². The van der Waals surface area contributed by atoms with Crippen LogP contribution in [0.2, 0.25) is 0 Å². The molecule has 0 saturated carbocycles. The van der Waals surface area contributed by atoms with Gasteiger partial charge in [-0.15, -0.1) is 10.2 Å². The minimum absolute atomic E-state index is 0.196. The fourth-order valence-electron chi connectivity index (χ4n) is 2.55. The van der Waals surface area contributed by atoms with Gasteiger partial charge in [-0.05, 0) is 30.9 Å². The minimum Gasteiger partial charge on any atom is -0.467 e. The first-order chi connectivity index (χ1) is 11.2. The molecule has 1 aliphatic heterocycles. The molecule has 3 heterocycles. The molecule has 2 aromatic rings. The van der Waals surface area contributed by atoms with Gasteiger partial charge in [-0.25, -0.2) is 0 Å². The molecule has 1 saturated heterocycles. The summed E-state index contributed by atoms with van der Waals surface area (Å²) < 4.78 is 6.07. The predicted molar refractivity (Wildman–Crippen MR) is 91.6 cm³/mol. The minimum atomic E-state index is 0.196. The van der Waals surface area contributed by atoms with Gasteiger partial charge in [0.2, 0.25) is 11.0 Å². The highest BCUT2D eigenvalue weighted by molar-refractivity contribution is 8.01. The van der Waals surface area contributed by atoms with Gasteiger partial charge in [-0.1, -0.05) is 30.0 Å². The molecular weight excluding hydrogens is 332 g/mol. The Balaban J connectivity index is 1.44. The Bertz CT molecular complexity index is 629. The van der Waals surface area contributed by atoms with E-state index >= 15 is 0 Å². The lowest BCUT2D eigenvalue weighted by Gasteiger charge is -2.30. The van der Waals surface area contributed by atoms with E-state index in [0.29, 0.717) is 18.2 Å². The topological polar surface area (TPSA) is 71.3 Å².